The Labute approximate surface area is 129 Å². The summed E-state index contributed by atoms with van der Waals surface area (Å²) < 4.78 is 15.7. The molecule has 0 heterocycles. The maximum Gasteiger partial charge on any atom is 0.336 e. The van der Waals surface area contributed by atoms with E-state index in [4.69, 9.17) is 14.2 Å². The van der Waals surface area contributed by atoms with Crippen molar-refractivity contribution in [3.05, 3.63) is 59.7 Å². The highest BCUT2D eigenvalue weighted by atomic mass is 16.5. The summed E-state index contributed by atoms with van der Waals surface area (Å²) in [5.74, 6) is 1.38. The quantitative estimate of drug-likeness (QED) is 0.480. The van der Waals surface area contributed by atoms with Gasteiger partial charge in [0.1, 0.15) is 5.75 Å². The predicted octanol–water partition coefficient (Wildman–Crippen LogP) is 3.63. The molecule has 0 unspecified atom stereocenters. The van der Waals surface area contributed by atoms with Crippen molar-refractivity contribution in [2.45, 2.75) is 6.92 Å². The van der Waals surface area contributed by atoms with Gasteiger partial charge in [-0.25, -0.2) is 4.79 Å². The minimum Gasteiger partial charge on any atom is -0.493 e. The first-order valence-electron chi connectivity index (χ1n) is 6.81. The molecule has 0 aromatic heterocycles. The summed E-state index contributed by atoms with van der Waals surface area (Å²) in [6, 6.07) is 12.8. The number of carbonyl (C=O) groups is 1. The Morgan fingerprint density at radius 3 is 2.36 bits per heavy atom. The van der Waals surface area contributed by atoms with Crippen molar-refractivity contribution in [3.63, 3.8) is 0 Å². The fourth-order valence-electron chi connectivity index (χ4n) is 1.93. The van der Waals surface area contributed by atoms with E-state index < -0.39 is 5.97 Å². The maximum absolute atomic E-state index is 11.9. The highest BCUT2D eigenvalue weighted by Crippen LogP contribution is 2.28. The van der Waals surface area contributed by atoms with Gasteiger partial charge < -0.3 is 14.2 Å². The zero-order valence-electron chi connectivity index (χ0n) is 12.8. The number of rotatable bonds is 5. The number of carbonyl (C=O) groups excluding carboxylic acids is 1. The maximum atomic E-state index is 11.9. The van der Waals surface area contributed by atoms with E-state index in [1.54, 1.807) is 38.5 Å². The van der Waals surface area contributed by atoms with E-state index >= 15 is 0 Å². The number of benzene rings is 2. The van der Waals surface area contributed by atoms with Crippen LogP contribution >= 0.6 is 0 Å². The molecule has 0 radical (unpaired) electrons. The summed E-state index contributed by atoms with van der Waals surface area (Å²) in [5, 5.41) is 0. The van der Waals surface area contributed by atoms with Crippen LogP contribution in [0.3, 0.4) is 0 Å². The van der Waals surface area contributed by atoms with Crippen molar-refractivity contribution < 1.29 is 19.0 Å². The van der Waals surface area contributed by atoms with E-state index in [0.717, 1.165) is 11.1 Å². The zero-order valence-corrected chi connectivity index (χ0v) is 12.8. The molecule has 2 aromatic rings. The molecule has 2 aromatic carbocycles. The van der Waals surface area contributed by atoms with Gasteiger partial charge in [-0.15, -0.1) is 0 Å². The number of hydrogen-bond donors (Lipinski definition) is 0. The van der Waals surface area contributed by atoms with Gasteiger partial charge in [0.25, 0.3) is 0 Å². The molecule has 0 aliphatic carbocycles. The van der Waals surface area contributed by atoms with Gasteiger partial charge in [0.2, 0.25) is 0 Å². The Balaban J connectivity index is 2.08. The largest absolute Gasteiger partial charge is 0.493 e. The molecule has 0 saturated heterocycles. The van der Waals surface area contributed by atoms with Crippen LogP contribution in [0.15, 0.2) is 48.5 Å². The molecule has 0 aliphatic rings. The average molecular weight is 298 g/mol. The number of aryl methyl sites for hydroxylation is 1. The highest BCUT2D eigenvalue weighted by molar-refractivity contribution is 5.89. The van der Waals surface area contributed by atoms with Crippen LogP contribution in [-0.2, 0) is 4.79 Å². The molecule has 22 heavy (non-hydrogen) atoms. The van der Waals surface area contributed by atoms with E-state index in [0.29, 0.717) is 17.2 Å². The molecule has 0 saturated carbocycles. The topological polar surface area (TPSA) is 44.8 Å². The van der Waals surface area contributed by atoms with E-state index in [9.17, 15) is 4.79 Å². The van der Waals surface area contributed by atoms with Gasteiger partial charge >= 0.3 is 5.97 Å². The molecule has 0 bridgehead atoms. The van der Waals surface area contributed by atoms with Crippen molar-refractivity contribution >= 4 is 12.0 Å². The predicted molar refractivity (Wildman–Crippen MR) is 85.4 cm³/mol. The SMILES string of the molecule is COc1ccc(/C=C/C(=O)Oc2ccccc2C)cc1OC. The van der Waals surface area contributed by atoms with Crippen LogP contribution < -0.4 is 14.2 Å². The first kappa shape index (κ1) is 15.6. The Kier molecular flexibility index (Phi) is 5.20. The van der Waals surface area contributed by atoms with Crippen LogP contribution in [-0.4, -0.2) is 20.2 Å². The van der Waals surface area contributed by atoms with Crippen molar-refractivity contribution in [1.29, 1.82) is 0 Å². The lowest BCUT2D eigenvalue weighted by molar-refractivity contribution is -0.128. The van der Waals surface area contributed by atoms with Crippen molar-refractivity contribution in [3.8, 4) is 17.2 Å². The summed E-state index contributed by atoms with van der Waals surface area (Å²) in [5.41, 5.74) is 1.73. The molecule has 2 rings (SSSR count). The Morgan fingerprint density at radius 1 is 0.955 bits per heavy atom. The Bertz CT molecular complexity index is 689. The second-order valence-corrected chi connectivity index (χ2v) is 4.63. The third-order valence-electron chi connectivity index (χ3n) is 3.12. The third-order valence-corrected chi connectivity index (χ3v) is 3.12. The summed E-state index contributed by atoms with van der Waals surface area (Å²) in [7, 11) is 3.14. The molecule has 0 spiro atoms. The van der Waals surface area contributed by atoms with Crippen LogP contribution in [0.4, 0.5) is 0 Å². The monoisotopic (exact) mass is 298 g/mol. The number of para-hydroxylation sites is 1. The van der Waals surface area contributed by atoms with Crippen molar-refractivity contribution in [1.82, 2.24) is 0 Å². The standard InChI is InChI=1S/C18H18O4/c1-13-6-4-5-7-15(13)22-18(19)11-9-14-8-10-16(20-2)17(12-14)21-3/h4-12H,1-3H3/b11-9+. The average Bonchev–Trinajstić information content (AvgIpc) is 2.54. The first-order valence-corrected chi connectivity index (χ1v) is 6.81. The van der Waals surface area contributed by atoms with Crippen LogP contribution in [0.1, 0.15) is 11.1 Å². The van der Waals surface area contributed by atoms with Crippen LogP contribution in [0.2, 0.25) is 0 Å². The van der Waals surface area contributed by atoms with E-state index in [1.807, 2.05) is 31.2 Å². The van der Waals surface area contributed by atoms with Gasteiger partial charge in [-0.2, -0.15) is 0 Å². The van der Waals surface area contributed by atoms with Crippen LogP contribution in [0.5, 0.6) is 17.2 Å². The molecular weight excluding hydrogens is 280 g/mol. The van der Waals surface area contributed by atoms with Gasteiger partial charge in [-0.3, -0.25) is 0 Å². The lowest BCUT2D eigenvalue weighted by atomic mass is 10.2. The van der Waals surface area contributed by atoms with Crippen molar-refractivity contribution in [2.24, 2.45) is 0 Å². The van der Waals surface area contributed by atoms with Crippen molar-refractivity contribution in [2.75, 3.05) is 14.2 Å². The molecule has 4 nitrogen and oxygen atoms in total. The van der Waals surface area contributed by atoms with Gasteiger partial charge in [0.05, 0.1) is 14.2 Å². The number of ether oxygens (including phenoxy) is 3. The molecule has 0 atom stereocenters. The highest BCUT2D eigenvalue weighted by Gasteiger charge is 2.05. The van der Waals surface area contributed by atoms with Gasteiger partial charge in [-0.05, 0) is 42.3 Å². The second kappa shape index (κ2) is 7.31. The summed E-state index contributed by atoms with van der Waals surface area (Å²) >= 11 is 0. The summed E-state index contributed by atoms with van der Waals surface area (Å²) in [6.45, 7) is 1.89. The molecule has 4 heteroatoms. The second-order valence-electron chi connectivity index (χ2n) is 4.63. The van der Waals surface area contributed by atoms with E-state index in [1.165, 1.54) is 6.08 Å². The van der Waals surface area contributed by atoms with Crippen LogP contribution in [0.25, 0.3) is 6.08 Å². The third kappa shape index (κ3) is 3.88. The molecule has 0 amide bonds. The lowest BCUT2D eigenvalue weighted by Gasteiger charge is -2.07. The fourth-order valence-corrected chi connectivity index (χ4v) is 1.93. The molecule has 0 aliphatic heterocycles. The Hall–Kier alpha value is -2.75. The smallest absolute Gasteiger partial charge is 0.336 e. The first-order chi connectivity index (χ1) is 10.6. The van der Waals surface area contributed by atoms with Gasteiger partial charge in [0.15, 0.2) is 11.5 Å². The molecule has 114 valence electrons. The van der Waals surface area contributed by atoms with Gasteiger partial charge in [0, 0.05) is 6.08 Å². The minimum atomic E-state index is -0.427. The summed E-state index contributed by atoms with van der Waals surface area (Å²) in [6.07, 6.45) is 3.05. The minimum absolute atomic E-state index is 0.427. The zero-order chi connectivity index (χ0) is 15.9. The fraction of sp³-hybridized carbons (Fsp3) is 0.167. The molecular formula is C18H18O4. The van der Waals surface area contributed by atoms with E-state index in [2.05, 4.69) is 0 Å². The lowest BCUT2D eigenvalue weighted by Crippen LogP contribution is -2.04. The van der Waals surface area contributed by atoms with E-state index in [-0.39, 0.29) is 0 Å². The molecule has 0 N–H and O–H groups in total. The normalized spacial score (nSPS) is 10.5. The van der Waals surface area contributed by atoms with Gasteiger partial charge in [-0.1, -0.05) is 24.3 Å². The number of esters is 1. The number of methoxy groups -OCH3 is 2. The Morgan fingerprint density at radius 2 is 1.68 bits per heavy atom. The van der Waals surface area contributed by atoms with Crippen LogP contribution in [0, 0.1) is 6.92 Å². The number of hydrogen-bond acceptors (Lipinski definition) is 4. The molecule has 0 fully saturated rings. The summed E-state index contributed by atoms with van der Waals surface area (Å²) in [4.78, 5) is 11.9.